The highest BCUT2D eigenvalue weighted by atomic mass is 35.5. The molecule has 2 aromatic heterocycles. The van der Waals surface area contributed by atoms with E-state index in [4.69, 9.17) is 34.8 Å². The third kappa shape index (κ3) is 1.55. The highest BCUT2D eigenvalue weighted by Gasteiger charge is 2.07. The zero-order valence-electron chi connectivity index (χ0n) is 6.13. The lowest BCUT2D eigenvalue weighted by molar-refractivity contribution is 1.21. The van der Waals surface area contributed by atoms with Crippen LogP contribution in [0, 0.1) is 0 Å². The van der Waals surface area contributed by atoms with Crippen LogP contribution in [0.15, 0.2) is 12.4 Å². The van der Waals surface area contributed by atoms with E-state index in [2.05, 4.69) is 15.0 Å². The summed E-state index contributed by atoms with van der Waals surface area (Å²) in [6, 6.07) is 0. The molecule has 0 atom stereocenters. The SMILES string of the molecule is Clc1nc(Cl)c2cncc(Cl)c2n1. The molecule has 2 rings (SSSR count). The van der Waals surface area contributed by atoms with Crippen molar-refractivity contribution in [2.45, 2.75) is 0 Å². The Labute approximate surface area is 88.7 Å². The molecule has 0 aromatic carbocycles. The molecule has 13 heavy (non-hydrogen) atoms. The van der Waals surface area contributed by atoms with Crippen LogP contribution in [0.2, 0.25) is 15.5 Å². The summed E-state index contributed by atoms with van der Waals surface area (Å²) in [5.41, 5.74) is 0.515. The molecule has 0 saturated heterocycles. The Hall–Kier alpha value is -0.640. The van der Waals surface area contributed by atoms with Crippen LogP contribution in [0.1, 0.15) is 0 Å². The van der Waals surface area contributed by atoms with Gasteiger partial charge in [0.1, 0.15) is 5.15 Å². The normalized spacial score (nSPS) is 10.7. The Morgan fingerprint density at radius 3 is 2.54 bits per heavy atom. The lowest BCUT2D eigenvalue weighted by Crippen LogP contribution is -1.88. The van der Waals surface area contributed by atoms with Gasteiger partial charge in [-0.15, -0.1) is 0 Å². The topological polar surface area (TPSA) is 38.7 Å². The van der Waals surface area contributed by atoms with Gasteiger partial charge in [-0.25, -0.2) is 9.97 Å². The molecule has 0 bridgehead atoms. The van der Waals surface area contributed by atoms with E-state index >= 15 is 0 Å². The highest BCUT2D eigenvalue weighted by Crippen LogP contribution is 2.25. The fraction of sp³-hybridized carbons (Fsp3) is 0. The number of nitrogens with zero attached hydrogens (tertiary/aromatic N) is 3. The molecule has 2 aromatic rings. The summed E-state index contributed by atoms with van der Waals surface area (Å²) in [4.78, 5) is 11.6. The van der Waals surface area contributed by atoms with E-state index in [1.807, 2.05) is 0 Å². The molecule has 0 radical (unpaired) electrons. The molecular formula is C7H2Cl3N3. The van der Waals surface area contributed by atoms with E-state index in [1.54, 1.807) is 6.20 Å². The third-order valence-corrected chi connectivity index (χ3v) is 2.22. The van der Waals surface area contributed by atoms with E-state index in [-0.39, 0.29) is 10.4 Å². The monoisotopic (exact) mass is 233 g/mol. The smallest absolute Gasteiger partial charge is 0.224 e. The maximum atomic E-state index is 5.83. The van der Waals surface area contributed by atoms with E-state index < -0.39 is 0 Å². The quantitative estimate of drug-likeness (QED) is 0.519. The van der Waals surface area contributed by atoms with Gasteiger partial charge in [-0.2, -0.15) is 0 Å². The number of pyridine rings is 1. The molecule has 0 aliphatic heterocycles. The molecule has 0 aliphatic carbocycles. The summed E-state index contributed by atoms with van der Waals surface area (Å²) >= 11 is 17.2. The number of aromatic nitrogens is 3. The van der Waals surface area contributed by atoms with Gasteiger partial charge in [-0.1, -0.05) is 23.2 Å². The molecule has 6 heteroatoms. The Morgan fingerprint density at radius 1 is 1.00 bits per heavy atom. The molecule has 66 valence electrons. The second-order valence-corrected chi connectivity index (χ2v) is 3.40. The molecular weight excluding hydrogens is 232 g/mol. The predicted octanol–water partition coefficient (Wildman–Crippen LogP) is 2.99. The van der Waals surface area contributed by atoms with Crippen molar-refractivity contribution in [3.05, 3.63) is 27.9 Å². The standard InChI is InChI=1S/C7H2Cl3N3/c8-4-2-11-1-3-5(4)12-7(10)13-6(3)9/h1-2H. The van der Waals surface area contributed by atoms with Gasteiger partial charge in [0.2, 0.25) is 5.28 Å². The van der Waals surface area contributed by atoms with E-state index in [9.17, 15) is 0 Å². The fourth-order valence-electron chi connectivity index (χ4n) is 0.951. The number of halogens is 3. The molecule has 0 fully saturated rings. The first kappa shape index (κ1) is 8.94. The maximum Gasteiger partial charge on any atom is 0.224 e. The second kappa shape index (κ2) is 3.25. The van der Waals surface area contributed by atoms with E-state index in [1.165, 1.54) is 6.20 Å². The lowest BCUT2D eigenvalue weighted by atomic mass is 10.3. The van der Waals surface area contributed by atoms with Crippen molar-refractivity contribution in [2.75, 3.05) is 0 Å². The van der Waals surface area contributed by atoms with Crippen LogP contribution in [0.4, 0.5) is 0 Å². The molecule has 0 saturated carbocycles. The molecule has 0 unspecified atom stereocenters. The first-order chi connectivity index (χ1) is 6.18. The summed E-state index contributed by atoms with van der Waals surface area (Å²) in [7, 11) is 0. The Kier molecular flexibility index (Phi) is 2.24. The summed E-state index contributed by atoms with van der Waals surface area (Å²) in [6.07, 6.45) is 3.02. The highest BCUT2D eigenvalue weighted by molar-refractivity contribution is 6.39. The molecule has 0 amide bonds. The number of rotatable bonds is 0. The average molecular weight is 234 g/mol. The largest absolute Gasteiger partial charge is 0.262 e. The van der Waals surface area contributed by atoms with Gasteiger partial charge in [0, 0.05) is 12.4 Å². The van der Waals surface area contributed by atoms with Crippen molar-refractivity contribution in [3.63, 3.8) is 0 Å². The first-order valence-corrected chi connectivity index (χ1v) is 4.44. The predicted molar refractivity (Wildman–Crippen MR) is 52.4 cm³/mol. The van der Waals surface area contributed by atoms with Gasteiger partial charge in [-0.3, -0.25) is 4.98 Å². The van der Waals surface area contributed by atoms with Crippen LogP contribution in [0.3, 0.4) is 0 Å². The van der Waals surface area contributed by atoms with Crippen LogP contribution in [0.5, 0.6) is 0 Å². The molecule has 2 heterocycles. The molecule has 0 spiro atoms. The Morgan fingerprint density at radius 2 is 1.77 bits per heavy atom. The van der Waals surface area contributed by atoms with Crippen LogP contribution < -0.4 is 0 Å². The van der Waals surface area contributed by atoms with Gasteiger partial charge in [-0.05, 0) is 11.6 Å². The minimum Gasteiger partial charge on any atom is -0.262 e. The van der Waals surface area contributed by atoms with Crippen molar-refractivity contribution in [1.82, 2.24) is 15.0 Å². The minimum atomic E-state index is 0.0746. The van der Waals surface area contributed by atoms with Gasteiger partial charge in [0.05, 0.1) is 15.9 Å². The van der Waals surface area contributed by atoms with Crippen LogP contribution >= 0.6 is 34.8 Å². The Balaban J connectivity index is 2.94. The van der Waals surface area contributed by atoms with Gasteiger partial charge < -0.3 is 0 Å². The van der Waals surface area contributed by atoms with Crippen LogP contribution in [0.25, 0.3) is 10.9 Å². The maximum absolute atomic E-state index is 5.83. The Bertz CT molecular complexity index is 472. The zero-order valence-corrected chi connectivity index (χ0v) is 8.40. The lowest BCUT2D eigenvalue weighted by Gasteiger charge is -2.00. The van der Waals surface area contributed by atoms with Crippen molar-refractivity contribution in [1.29, 1.82) is 0 Å². The summed E-state index contributed by atoms with van der Waals surface area (Å²) in [5.74, 6) is 0. The molecule has 0 N–H and O–H groups in total. The van der Waals surface area contributed by atoms with Gasteiger partial charge in [0.25, 0.3) is 0 Å². The van der Waals surface area contributed by atoms with Gasteiger partial charge in [0.15, 0.2) is 0 Å². The van der Waals surface area contributed by atoms with Crippen LogP contribution in [-0.4, -0.2) is 15.0 Å². The minimum absolute atomic E-state index is 0.0746. The number of fused-ring (bicyclic) bond motifs is 1. The van der Waals surface area contributed by atoms with Crippen molar-refractivity contribution >= 4 is 45.7 Å². The third-order valence-electron chi connectivity index (χ3n) is 1.49. The van der Waals surface area contributed by atoms with E-state index in [0.29, 0.717) is 15.9 Å². The number of hydrogen-bond donors (Lipinski definition) is 0. The zero-order chi connectivity index (χ0) is 9.42. The summed E-state index contributed by atoms with van der Waals surface area (Å²) in [5, 5.41) is 1.33. The molecule has 3 nitrogen and oxygen atoms in total. The van der Waals surface area contributed by atoms with Gasteiger partial charge >= 0.3 is 0 Å². The second-order valence-electron chi connectivity index (χ2n) is 2.30. The summed E-state index contributed by atoms with van der Waals surface area (Å²) in [6.45, 7) is 0. The van der Waals surface area contributed by atoms with Crippen molar-refractivity contribution < 1.29 is 0 Å². The fourth-order valence-corrected chi connectivity index (χ4v) is 1.58. The first-order valence-electron chi connectivity index (χ1n) is 3.31. The molecule has 0 aliphatic rings. The van der Waals surface area contributed by atoms with Crippen molar-refractivity contribution in [3.8, 4) is 0 Å². The van der Waals surface area contributed by atoms with Crippen LogP contribution in [-0.2, 0) is 0 Å². The van der Waals surface area contributed by atoms with E-state index in [0.717, 1.165) is 0 Å². The average Bonchev–Trinajstić information content (AvgIpc) is 2.07. The summed E-state index contributed by atoms with van der Waals surface area (Å²) < 4.78 is 0. The number of hydrogen-bond acceptors (Lipinski definition) is 3. The van der Waals surface area contributed by atoms with Crippen molar-refractivity contribution in [2.24, 2.45) is 0 Å².